The molecule has 0 aliphatic carbocycles. The Morgan fingerprint density at radius 2 is 1.94 bits per heavy atom. The minimum Gasteiger partial charge on any atom is -0.496 e. The summed E-state index contributed by atoms with van der Waals surface area (Å²) in [5, 5.41) is 15.5. The third kappa shape index (κ3) is 2.95. The molecule has 3 heterocycles. The number of fused-ring (bicyclic) bond motifs is 2. The maximum Gasteiger partial charge on any atom is 0.252 e. The Bertz CT molecular complexity index is 1340. The first-order chi connectivity index (χ1) is 15.1. The molecule has 1 unspecified atom stereocenters. The summed E-state index contributed by atoms with van der Waals surface area (Å²) in [6.07, 6.45) is 1.83. The number of carbonyl (C=O) groups is 1. The van der Waals surface area contributed by atoms with Crippen LogP contribution < -0.4 is 10.1 Å². The smallest absolute Gasteiger partial charge is 0.252 e. The van der Waals surface area contributed by atoms with Crippen LogP contribution in [0.25, 0.3) is 22.2 Å². The van der Waals surface area contributed by atoms with Gasteiger partial charge in [0.1, 0.15) is 12.3 Å². The summed E-state index contributed by atoms with van der Waals surface area (Å²) in [4.78, 5) is 27.6. The van der Waals surface area contributed by atoms with Gasteiger partial charge in [-0.05, 0) is 41.8 Å². The third-order valence-corrected chi connectivity index (χ3v) is 5.69. The predicted octanol–water partition coefficient (Wildman–Crippen LogP) is 4.04. The minimum atomic E-state index is -0.431. The molecule has 0 saturated heterocycles. The van der Waals surface area contributed by atoms with Crippen LogP contribution >= 0.6 is 0 Å². The normalized spacial score (nSPS) is 15.0. The van der Waals surface area contributed by atoms with Crippen LogP contribution in [0, 0.1) is 11.8 Å². The van der Waals surface area contributed by atoms with Crippen LogP contribution in [-0.2, 0) is 6.54 Å². The van der Waals surface area contributed by atoms with E-state index in [2.05, 4.69) is 25.7 Å². The van der Waals surface area contributed by atoms with Gasteiger partial charge in [0.25, 0.3) is 5.91 Å². The van der Waals surface area contributed by atoms with E-state index in [0.717, 1.165) is 27.8 Å². The summed E-state index contributed by atoms with van der Waals surface area (Å²) >= 11 is 0. The fraction of sp³-hybridized carbons (Fsp3) is 0.174. The first kappa shape index (κ1) is 18.9. The standard InChI is InChI=1S/C23H19N5O3/c1-12-9-13(7-8-18(12)31-2)21-16-10-24-22-20(16)19(17(11-25-30)27-28-22)14-5-3-4-6-15(14)23(29)26-21/h3-10,21H,11H2,1-2H3,(H,24,28)(H,26,29). The molecule has 4 aromatic rings. The molecule has 2 aromatic heterocycles. The zero-order chi connectivity index (χ0) is 21.5. The number of aryl methyl sites for hydroxylation is 1. The fourth-order valence-corrected chi connectivity index (χ4v) is 4.29. The first-order valence-electron chi connectivity index (χ1n) is 9.82. The maximum absolute atomic E-state index is 13.3. The number of amides is 1. The average molecular weight is 413 g/mol. The fourth-order valence-electron chi connectivity index (χ4n) is 4.29. The Morgan fingerprint density at radius 3 is 2.68 bits per heavy atom. The minimum absolute atomic E-state index is 0.134. The summed E-state index contributed by atoms with van der Waals surface area (Å²) in [6, 6.07) is 12.7. The number of nitroso groups, excluding NO2 is 1. The molecule has 2 aromatic carbocycles. The van der Waals surface area contributed by atoms with Gasteiger partial charge in [-0.25, -0.2) is 0 Å². The molecule has 1 amide bonds. The zero-order valence-electron chi connectivity index (χ0n) is 17.0. The highest BCUT2D eigenvalue weighted by Crippen LogP contribution is 2.40. The number of nitrogens with zero attached hydrogens (tertiary/aromatic N) is 3. The van der Waals surface area contributed by atoms with Gasteiger partial charge in [0.2, 0.25) is 0 Å². The van der Waals surface area contributed by atoms with Crippen molar-refractivity contribution in [3.05, 3.63) is 81.5 Å². The topological polar surface area (TPSA) is 109 Å². The van der Waals surface area contributed by atoms with E-state index in [4.69, 9.17) is 4.74 Å². The highest BCUT2D eigenvalue weighted by molar-refractivity contribution is 6.08. The van der Waals surface area contributed by atoms with E-state index in [0.29, 0.717) is 28.0 Å². The molecule has 31 heavy (non-hydrogen) atoms. The zero-order valence-corrected chi connectivity index (χ0v) is 17.0. The highest BCUT2D eigenvalue weighted by Gasteiger charge is 2.30. The molecule has 0 fully saturated rings. The Hall–Kier alpha value is -4.07. The van der Waals surface area contributed by atoms with Crippen LogP contribution in [0.15, 0.2) is 53.8 Å². The molecule has 1 aliphatic rings. The van der Waals surface area contributed by atoms with Crippen molar-refractivity contribution in [1.82, 2.24) is 20.5 Å². The number of rotatable bonds is 4. The molecule has 2 N–H and O–H groups in total. The van der Waals surface area contributed by atoms with Crippen molar-refractivity contribution in [2.75, 3.05) is 7.11 Å². The Morgan fingerprint density at radius 1 is 1.13 bits per heavy atom. The van der Waals surface area contributed by atoms with E-state index in [1.807, 2.05) is 49.5 Å². The highest BCUT2D eigenvalue weighted by atomic mass is 16.5. The molecule has 8 heteroatoms. The van der Waals surface area contributed by atoms with Gasteiger partial charge in [-0.3, -0.25) is 4.79 Å². The Kier molecular flexibility index (Phi) is 4.47. The Labute approximate surface area is 177 Å². The van der Waals surface area contributed by atoms with E-state index >= 15 is 0 Å². The monoisotopic (exact) mass is 413 g/mol. The van der Waals surface area contributed by atoms with Crippen LogP contribution in [0.1, 0.15) is 38.8 Å². The second kappa shape index (κ2) is 7.32. The number of hydrogen-bond donors (Lipinski definition) is 2. The second-order valence-corrected chi connectivity index (χ2v) is 7.46. The number of H-pyrrole nitrogens is 1. The summed E-state index contributed by atoms with van der Waals surface area (Å²) < 4.78 is 5.39. The molecular weight excluding hydrogens is 394 g/mol. The maximum atomic E-state index is 13.3. The van der Waals surface area contributed by atoms with Gasteiger partial charge in [-0.1, -0.05) is 29.4 Å². The van der Waals surface area contributed by atoms with Crippen molar-refractivity contribution in [3.8, 4) is 16.9 Å². The number of ether oxygens (including phenoxy) is 1. The van der Waals surface area contributed by atoms with Gasteiger partial charge in [0.15, 0.2) is 5.65 Å². The lowest BCUT2D eigenvalue weighted by molar-refractivity contribution is 0.0943. The summed E-state index contributed by atoms with van der Waals surface area (Å²) in [5.41, 5.74) is 5.65. The van der Waals surface area contributed by atoms with E-state index in [1.165, 1.54) is 0 Å². The summed E-state index contributed by atoms with van der Waals surface area (Å²) in [5.74, 6) is 0.562. The van der Waals surface area contributed by atoms with Crippen LogP contribution in [-0.4, -0.2) is 28.2 Å². The number of aromatic nitrogens is 3. The van der Waals surface area contributed by atoms with Crippen molar-refractivity contribution in [1.29, 1.82) is 0 Å². The molecule has 0 radical (unpaired) electrons. The first-order valence-corrected chi connectivity index (χ1v) is 9.82. The molecule has 5 rings (SSSR count). The van der Waals surface area contributed by atoms with Crippen molar-refractivity contribution in [2.45, 2.75) is 19.5 Å². The van der Waals surface area contributed by atoms with Crippen molar-refractivity contribution >= 4 is 16.9 Å². The lowest BCUT2D eigenvalue weighted by Crippen LogP contribution is -2.31. The lowest BCUT2D eigenvalue weighted by Gasteiger charge is -2.24. The lowest BCUT2D eigenvalue weighted by atomic mass is 9.88. The van der Waals surface area contributed by atoms with Crippen LogP contribution in [0.3, 0.4) is 0 Å². The molecule has 0 saturated carbocycles. The molecule has 0 spiro atoms. The Balaban J connectivity index is 1.84. The van der Waals surface area contributed by atoms with Gasteiger partial charge in [0.05, 0.1) is 18.8 Å². The van der Waals surface area contributed by atoms with E-state index in [1.54, 1.807) is 13.2 Å². The molecule has 1 aliphatic heterocycles. The SMILES string of the molecule is COc1ccc(C2NC(=O)c3ccccc3-c3c(CN=O)nnc4[nH]cc2c34)cc1C. The van der Waals surface area contributed by atoms with Crippen LogP contribution in [0.5, 0.6) is 5.75 Å². The van der Waals surface area contributed by atoms with Crippen LogP contribution in [0.4, 0.5) is 0 Å². The van der Waals surface area contributed by atoms with Gasteiger partial charge in [-0.15, -0.1) is 5.10 Å². The van der Waals surface area contributed by atoms with Crippen molar-refractivity contribution < 1.29 is 9.53 Å². The molecule has 1 atom stereocenters. The number of benzene rings is 2. The van der Waals surface area contributed by atoms with Gasteiger partial charge in [0, 0.05) is 28.3 Å². The quantitative estimate of drug-likeness (QED) is 0.491. The molecular formula is C23H19N5O3. The van der Waals surface area contributed by atoms with Gasteiger partial charge >= 0.3 is 0 Å². The van der Waals surface area contributed by atoms with Crippen LogP contribution in [0.2, 0.25) is 0 Å². The van der Waals surface area contributed by atoms with Crippen molar-refractivity contribution in [3.63, 3.8) is 0 Å². The van der Waals surface area contributed by atoms with Gasteiger partial charge in [-0.2, -0.15) is 10.0 Å². The largest absolute Gasteiger partial charge is 0.496 e. The summed E-state index contributed by atoms with van der Waals surface area (Å²) in [6.45, 7) is 1.83. The number of nitrogens with one attached hydrogen (secondary N) is 2. The number of hydrogen-bond acceptors (Lipinski definition) is 6. The van der Waals surface area contributed by atoms with E-state index < -0.39 is 6.04 Å². The number of aromatic amines is 1. The van der Waals surface area contributed by atoms with E-state index in [-0.39, 0.29) is 12.5 Å². The number of carbonyl (C=O) groups excluding carboxylic acids is 1. The molecule has 8 nitrogen and oxygen atoms in total. The molecule has 154 valence electrons. The third-order valence-electron chi connectivity index (χ3n) is 5.69. The van der Waals surface area contributed by atoms with Gasteiger partial charge < -0.3 is 15.0 Å². The predicted molar refractivity (Wildman–Crippen MR) is 116 cm³/mol. The average Bonchev–Trinajstić information content (AvgIpc) is 3.20. The molecule has 0 bridgehead atoms. The number of methoxy groups -OCH3 is 1. The summed E-state index contributed by atoms with van der Waals surface area (Å²) in [7, 11) is 1.63. The van der Waals surface area contributed by atoms with Crippen molar-refractivity contribution in [2.24, 2.45) is 5.18 Å². The van der Waals surface area contributed by atoms with E-state index in [9.17, 15) is 9.70 Å². The second-order valence-electron chi connectivity index (χ2n) is 7.46.